The summed E-state index contributed by atoms with van der Waals surface area (Å²) in [7, 11) is -1.77. The molecule has 0 amide bonds. The van der Waals surface area contributed by atoms with Gasteiger partial charge in [-0.2, -0.15) is 0 Å². The maximum absolute atomic E-state index is 10.1. The molecule has 154 valence electrons. The van der Waals surface area contributed by atoms with Gasteiger partial charge in [-0.05, 0) is 58.5 Å². The zero-order chi connectivity index (χ0) is 20.8. The number of hydrogen-bond donors (Lipinski definition) is 1. The van der Waals surface area contributed by atoms with Crippen LogP contribution in [0.5, 0.6) is 0 Å². The highest BCUT2D eigenvalue weighted by Crippen LogP contribution is 2.60. The van der Waals surface area contributed by atoms with Gasteiger partial charge in [-0.15, -0.1) is 0 Å². The molecule has 3 heteroatoms. The van der Waals surface area contributed by atoms with Crippen molar-refractivity contribution in [3.05, 3.63) is 34.9 Å². The normalized spacial score (nSPS) is 26.1. The summed E-state index contributed by atoms with van der Waals surface area (Å²) in [5.41, 5.74) is 4.22. The average molecular weight is 391 g/mol. The molecule has 0 spiro atoms. The van der Waals surface area contributed by atoms with Crippen LogP contribution < -0.4 is 0 Å². The summed E-state index contributed by atoms with van der Waals surface area (Å²) in [5, 5.41) is 10.3. The van der Waals surface area contributed by atoms with Gasteiger partial charge >= 0.3 is 0 Å². The molecule has 3 atom stereocenters. The first kappa shape index (κ1) is 22.6. The van der Waals surface area contributed by atoms with Crippen molar-refractivity contribution in [3.63, 3.8) is 0 Å². The molecule has 1 aromatic rings. The first-order valence-corrected chi connectivity index (χ1v) is 13.6. The second kappa shape index (κ2) is 7.65. The molecule has 0 heterocycles. The Morgan fingerprint density at radius 1 is 1.00 bits per heavy atom. The van der Waals surface area contributed by atoms with Gasteiger partial charge in [-0.3, -0.25) is 0 Å². The highest BCUT2D eigenvalue weighted by molar-refractivity contribution is 6.74. The van der Waals surface area contributed by atoms with E-state index in [-0.39, 0.29) is 17.1 Å². The summed E-state index contributed by atoms with van der Waals surface area (Å²) in [6, 6.07) is 7.12. The Bertz CT molecular complexity index is 631. The van der Waals surface area contributed by atoms with Crippen LogP contribution in [0.15, 0.2) is 18.2 Å². The Morgan fingerprint density at radius 3 is 1.85 bits per heavy atom. The number of aliphatic hydroxyl groups is 1. The second-order valence-electron chi connectivity index (χ2n) is 10.9. The standard InChI is InChI=1S/C24H42O2Si/c1-16(2)18-11-19(17(3)4)13-20(12-18)24(8)21(14-25)22(24)15-26-27(9,10)23(5,6)7/h11-13,16-17,21-22,25H,14-15H2,1-10H3. The molecule has 2 nitrogen and oxygen atoms in total. The Kier molecular flexibility index (Phi) is 6.41. The van der Waals surface area contributed by atoms with Crippen LogP contribution in [0.4, 0.5) is 0 Å². The lowest BCUT2D eigenvalue weighted by Crippen LogP contribution is -2.41. The van der Waals surface area contributed by atoms with Crippen LogP contribution in [0.25, 0.3) is 0 Å². The van der Waals surface area contributed by atoms with Crippen LogP contribution in [0, 0.1) is 11.8 Å². The number of benzene rings is 1. The molecule has 1 fully saturated rings. The minimum atomic E-state index is -1.77. The topological polar surface area (TPSA) is 29.5 Å². The second-order valence-corrected chi connectivity index (χ2v) is 15.8. The van der Waals surface area contributed by atoms with Crippen molar-refractivity contribution >= 4 is 8.32 Å². The predicted molar refractivity (Wildman–Crippen MR) is 119 cm³/mol. The van der Waals surface area contributed by atoms with Crippen molar-refractivity contribution in [2.45, 2.75) is 90.8 Å². The van der Waals surface area contributed by atoms with Gasteiger partial charge in [0.05, 0.1) is 0 Å². The fourth-order valence-corrected chi connectivity index (χ4v) is 4.93. The third-order valence-corrected chi connectivity index (χ3v) is 12.0. The van der Waals surface area contributed by atoms with Crippen molar-refractivity contribution in [3.8, 4) is 0 Å². The SMILES string of the molecule is CC(C)c1cc(C(C)C)cc(C2(C)C(CO)C2CO[Si](C)(C)C(C)(C)C)c1. The maximum Gasteiger partial charge on any atom is 0.191 e. The molecule has 0 radical (unpaired) electrons. The van der Waals surface area contributed by atoms with E-state index in [1.165, 1.54) is 16.7 Å². The van der Waals surface area contributed by atoms with Gasteiger partial charge in [-0.1, -0.05) is 73.6 Å². The zero-order valence-electron chi connectivity index (χ0n) is 19.3. The van der Waals surface area contributed by atoms with E-state index in [9.17, 15) is 5.11 Å². The molecule has 0 bridgehead atoms. The third-order valence-electron chi connectivity index (χ3n) is 7.48. The van der Waals surface area contributed by atoms with Crippen molar-refractivity contribution in [1.29, 1.82) is 0 Å². The van der Waals surface area contributed by atoms with Gasteiger partial charge in [0.25, 0.3) is 0 Å². The molecule has 1 aliphatic carbocycles. The van der Waals surface area contributed by atoms with Gasteiger partial charge in [0, 0.05) is 18.6 Å². The van der Waals surface area contributed by atoms with E-state index in [2.05, 4.69) is 86.7 Å². The van der Waals surface area contributed by atoms with E-state index >= 15 is 0 Å². The highest BCUT2D eigenvalue weighted by Gasteiger charge is 2.62. The van der Waals surface area contributed by atoms with Gasteiger partial charge in [0.1, 0.15) is 0 Å². The van der Waals surface area contributed by atoms with Crippen LogP contribution in [0.1, 0.15) is 83.9 Å². The fraction of sp³-hybridized carbons (Fsp3) is 0.750. The number of hydrogen-bond acceptors (Lipinski definition) is 2. The molecule has 0 aliphatic heterocycles. The monoisotopic (exact) mass is 390 g/mol. The predicted octanol–water partition coefficient (Wildman–Crippen LogP) is 6.45. The highest BCUT2D eigenvalue weighted by atomic mass is 28.4. The van der Waals surface area contributed by atoms with Crippen LogP contribution >= 0.6 is 0 Å². The van der Waals surface area contributed by atoms with Gasteiger partial charge < -0.3 is 9.53 Å². The van der Waals surface area contributed by atoms with E-state index in [0.717, 1.165) is 6.61 Å². The number of aliphatic hydroxyl groups excluding tert-OH is 1. The maximum atomic E-state index is 10.1. The van der Waals surface area contributed by atoms with Crippen LogP contribution in [-0.2, 0) is 9.84 Å². The van der Waals surface area contributed by atoms with E-state index in [0.29, 0.717) is 23.7 Å². The van der Waals surface area contributed by atoms with Crippen LogP contribution in [0.3, 0.4) is 0 Å². The Morgan fingerprint density at radius 2 is 1.48 bits per heavy atom. The third kappa shape index (κ3) is 4.36. The Labute approximate surface area is 168 Å². The van der Waals surface area contributed by atoms with Gasteiger partial charge in [-0.25, -0.2) is 0 Å². The Balaban J connectivity index is 2.31. The first-order chi connectivity index (χ1) is 12.3. The number of rotatable bonds is 7. The van der Waals surface area contributed by atoms with Crippen molar-refractivity contribution < 1.29 is 9.53 Å². The molecular formula is C24H42O2Si. The fourth-order valence-electron chi connectivity index (χ4n) is 3.90. The largest absolute Gasteiger partial charge is 0.417 e. The summed E-state index contributed by atoms with van der Waals surface area (Å²) < 4.78 is 6.55. The summed E-state index contributed by atoms with van der Waals surface area (Å²) in [5.74, 6) is 1.72. The minimum absolute atomic E-state index is 0.0195. The average Bonchev–Trinajstić information content (AvgIpc) is 3.16. The summed E-state index contributed by atoms with van der Waals surface area (Å²) in [4.78, 5) is 0. The van der Waals surface area contributed by atoms with E-state index in [1.807, 2.05) is 0 Å². The lowest BCUT2D eigenvalue weighted by atomic mass is 9.86. The lowest BCUT2D eigenvalue weighted by molar-refractivity contribution is 0.232. The van der Waals surface area contributed by atoms with Crippen LogP contribution in [-0.4, -0.2) is 26.6 Å². The van der Waals surface area contributed by atoms with Gasteiger partial charge in [0.2, 0.25) is 0 Å². The quantitative estimate of drug-likeness (QED) is 0.542. The van der Waals surface area contributed by atoms with E-state index in [1.54, 1.807) is 0 Å². The molecular weight excluding hydrogens is 348 g/mol. The molecule has 1 aliphatic rings. The zero-order valence-corrected chi connectivity index (χ0v) is 20.3. The Hall–Kier alpha value is -0.643. The summed E-state index contributed by atoms with van der Waals surface area (Å²) in [6.07, 6.45) is 0. The smallest absolute Gasteiger partial charge is 0.191 e. The molecule has 1 saturated carbocycles. The molecule has 3 unspecified atom stereocenters. The van der Waals surface area contributed by atoms with Crippen molar-refractivity contribution in [2.24, 2.45) is 11.8 Å². The first-order valence-electron chi connectivity index (χ1n) is 10.7. The summed E-state index contributed by atoms with van der Waals surface area (Å²) in [6.45, 7) is 23.9. The van der Waals surface area contributed by atoms with Gasteiger partial charge in [0.15, 0.2) is 8.32 Å². The van der Waals surface area contributed by atoms with E-state index in [4.69, 9.17) is 4.43 Å². The van der Waals surface area contributed by atoms with Crippen molar-refractivity contribution in [1.82, 2.24) is 0 Å². The molecule has 1 aromatic carbocycles. The van der Waals surface area contributed by atoms with Crippen molar-refractivity contribution in [2.75, 3.05) is 13.2 Å². The molecule has 1 N–H and O–H groups in total. The summed E-state index contributed by atoms with van der Waals surface area (Å²) >= 11 is 0. The molecule has 2 rings (SSSR count). The molecule has 27 heavy (non-hydrogen) atoms. The van der Waals surface area contributed by atoms with E-state index < -0.39 is 8.32 Å². The molecule has 0 saturated heterocycles. The molecule has 0 aromatic heterocycles. The minimum Gasteiger partial charge on any atom is -0.417 e. The van der Waals surface area contributed by atoms with Crippen LogP contribution in [0.2, 0.25) is 18.1 Å². The lowest BCUT2D eigenvalue weighted by Gasteiger charge is -2.36.